The average molecular weight is 376 g/mol. The lowest BCUT2D eigenvalue weighted by Gasteiger charge is -2.19. The van der Waals surface area contributed by atoms with Gasteiger partial charge in [-0.3, -0.25) is 15.6 Å². The summed E-state index contributed by atoms with van der Waals surface area (Å²) >= 11 is 4.87. The van der Waals surface area contributed by atoms with Crippen molar-refractivity contribution in [2.24, 2.45) is 0 Å². The number of hydrogen-bond acceptors (Lipinski definition) is 4. The molecule has 24 heavy (non-hydrogen) atoms. The van der Waals surface area contributed by atoms with Gasteiger partial charge in [0, 0.05) is 19.6 Å². The largest absolute Gasteiger partial charge is 0.362 e. The fourth-order valence-corrected chi connectivity index (χ4v) is 3.62. The van der Waals surface area contributed by atoms with Crippen LogP contribution < -0.4 is 16.2 Å². The quantitative estimate of drug-likeness (QED) is 0.507. The van der Waals surface area contributed by atoms with Gasteiger partial charge in [-0.25, -0.2) is 12.8 Å². The van der Waals surface area contributed by atoms with E-state index in [-0.39, 0.29) is 23.1 Å². The molecule has 0 aliphatic carbocycles. The number of nitrogens with one attached hydrogen (secondary N) is 3. The first-order valence-electron chi connectivity index (χ1n) is 7.41. The zero-order valence-electron chi connectivity index (χ0n) is 13.7. The Morgan fingerprint density at radius 3 is 2.38 bits per heavy atom. The lowest BCUT2D eigenvalue weighted by molar-refractivity contribution is 0.0939. The molecule has 3 N–H and O–H groups in total. The number of hydrazine groups is 1. The number of thiocarbonyl (C=S) groups is 1. The molecule has 0 atom stereocenters. The van der Waals surface area contributed by atoms with Gasteiger partial charge in [0.15, 0.2) is 5.11 Å². The highest BCUT2D eigenvalue weighted by molar-refractivity contribution is 7.89. The van der Waals surface area contributed by atoms with Crippen LogP contribution in [0.2, 0.25) is 0 Å². The molecule has 0 aromatic heterocycles. The van der Waals surface area contributed by atoms with E-state index in [0.29, 0.717) is 6.54 Å². The summed E-state index contributed by atoms with van der Waals surface area (Å²) in [6, 6.07) is 3.10. The molecule has 0 bridgehead atoms. The van der Waals surface area contributed by atoms with Gasteiger partial charge in [-0.05, 0) is 37.3 Å². The van der Waals surface area contributed by atoms with Crippen LogP contribution in [0.4, 0.5) is 4.39 Å². The maximum absolute atomic E-state index is 13.9. The minimum Gasteiger partial charge on any atom is -0.362 e. The first-order chi connectivity index (χ1) is 11.3. The van der Waals surface area contributed by atoms with Gasteiger partial charge in [0.25, 0.3) is 5.91 Å². The predicted octanol–water partition coefficient (Wildman–Crippen LogP) is 0.985. The van der Waals surface area contributed by atoms with Gasteiger partial charge in [-0.1, -0.05) is 13.8 Å². The Hall–Kier alpha value is -1.78. The molecule has 0 radical (unpaired) electrons. The molecule has 1 rings (SSSR count). The van der Waals surface area contributed by atoms with Crippen LogP contribution in [-0.2, 0) is 10.0 Å². The number of rotatable bonds is 6. The second kappa shape index (κ2) is 8.90. The zero-order valence-corrected chi connectivity index (χ0v) is 15.4. The minimum absolute atomic E-state index is 0.146. The molecule has 0 unspecified atom stereocenters. The van der Waals surface area contributed by atoms with Gasteiger partial charge in [-0.2, -0.15) is 4.31 Å². The number of amides is 1. The fourth-order valence-electron chi connectivity index (χ4n) is 1.94. The van der Waals surface area contributed by atoms with E-state index in [1.54, 1.807) is 13.8 Å². The summed E-state index contributed by atoms with van der Waals surface area (Å²) in [5, 5.41) is 2.91. The molecule has 0 fully saturated rings. The highest BCUT2D eigenvalue weighted by atomic mass is 32.2. The molecule has 0 saturated heterocycles. The first kappa shape index (κ1) is 20.3. The molecule has 1 amide bonds. The normalized spacial score (nSPS) is 11.2. The molecule has 1 aromatic carbocycles. The van der Waals surface area contributed by atoms with Crippen molar-refractivity contribution in [3.8, 4) is 0 Å². The van der Waals surface area contributed by atoms with Crippen molar-refractivity contribution in [3.05, 3.63) is 29.6 Å². The lowest BCUT2D eigenvalue weighted by atomic mass is 10.2. The maximum atomic E-state index is 13.9. The summed E-state index contributed by atoms with van der Waals surface area (Å²) in [6.07, 6.45) is 0. The number of halogens is 1. The van der Waals surface area contributed by atoms with E-state index < -0.39 is 27.3 Å². The van der Waals surface area contributed by atoms with Crippen molar-refractivity contribution in [1.29, 1.82) is 0 Å². The number of nitrogens with zero attached hydrogens (tertiary/aromatic N) is 1. The summed E-state index contributed by atoms with van der Waals surface area (Å²) in [7, 11) is -3.79. The Morgan fingerprint density at radius 1 is 1.21 bits per heavy atom. The van der Waals surface area contributed by atoms with E-state index >= 15 is 0 Å². The summed E-state index contributed by atoms with van der Waals surface area (Å²) in [6.45, 7) is 6.31. The fraction of sp³-hybridized carbons (Fsp3) is 0.429. The van der Waals surface area contributed by atoms with Crippen molar-refractivity contribution >= 4 is 33.3 Å². The standard InChI is InChI=1S/C14H21FN4O3S2/c1-4-16-14(23)18-17-13(20)11-9-10(7-8-12(11)15)24(21,22)19(5-2)6-3/h7-9H,4-6H2,1-3H3,(H,17,20)(H2,16,18,23). The van der Waals surface area contributed by atoms with Gasteiger partial charge in [-0.15, -0.1) is 0 Å². The minimum atomic E-state index is -3.79. The van der Waals surface area contributed by atoms with Crippen LogP contribution in [0.25, 0.3) is 0 Å². The number of carbonyl (C=O) groups is 1. The second-order valence-electron chi connectivity index (χ2n) is 4.67. The monoisotopic (exact) mass is 376 g/mol. The van der Waals surface area contributed by atoms with Crippen molar-refractivity contribution in [2.75, 3.05) is 19.6 Å². The molecular weight excluding hydrogens is 355 g/mol. The van der Waals surface area contributed by atoms with E-state index in [4.69, 9.17) is 12.2 Å². The van der Waals surface area contributed by atoms with Crippen molar-refractivity contribution in [3.63, 3.8) is 0 Å². The highest BCUT2D eigenvalue weighted by Crippen LogP contribution is 2.19. The van der Waals surface area contributed by atoms with Crippen molar-refractivity contribution < 1.29 is 17.6 Å². The molecule has 0 aliphatic rings. The van der Waals surface area contributed by atoms with Gasteiger partial charge in [0.05, 0.1) is 10.5 Å². The van der Waals surface area contributed by atoms with Crippen LogP contribution in [0.1, 0.15) is 31.1 Å². The Kier molecular flexibility index (Phi) is 7.52. The molecular formula is C14H21FN4O3S2. The Labute approximate surface area is 146 Å². The lowest BCUT2D eigenvalue weighted by Crippen LogP contribution is -2.46. The predicted molar refractivity (Wildman–Crippen MR) is 93.4 cm³/mol. The molecule has 0 saturated carbocycles. The van der Waals surface area contributed by atoms with Crippen molar-refractivity contribution in [1.82, 2.24) is 20.5 Å². The third kappa shape index (κ3) is 4.86. The van der Waals surface area contributed by atoms with Crippen LogP contribution >= 0.6 is 12.2 Å². The number of benzene rings is 1. The van der Waals surface area contributed by atoms with Crippen LogP contribution in [0.5, 0.6) is 0 Å². The summed E-state index contributed by atoms with van der Waals surface area (Å²) in [5.41, 5.74) is 4.23. The molecule has 0 aliphatic heterocycles. The van der Waals surface area contributed by atoms with Crippen LogP contribution in [0.15, 0.2) is 23.1 Å². The summed E-state index contributed by atoms with van der Waals surface area (Å²) in [4.78, 5) is 11.9. The van der Waals surface area contributed by atoms with Gasteiger partial charge in [0.1, 0.15) is 5.82 Å². The first-order valence-corrected chi connectivity index (χ1v) is 9.26. The zero-order chi connectivity index (χ0) is 18.3. The number of sulfonamides is 1. The molecule has 7 nitrogen and oxygen atoms in total. The average Bonchev–Trinajstić information content (AvgIpc) is 2.54. The smallest absolute Gasteiger partial charge is 0.272 e. The molecule has 1 aromatic rings. The van der Waals surface area contributed by atoms with Gasteiger partial charge in [0.2, 0.25) is 10.0 Å². The SMILES string of the molecule is CCNC(=S)NNC(=O)c1cc(S(=O)(=O)N(CC)CC)ccc1F. The van der Waals surface area contributed by atoms with Crippen LogP contribution in [-0.4, -0.2) is 43.4 Å². The van der Waals surface area contributed by atoms with Gasteiger partial charge < -0.3 is 5.32 Å². The van der Waals surface area contributed by atoms with Gasteiger partial charge >= 0.3 is 0 Å². The summed E-state index contributed by atoms with van der Waals surface area (Å²) in [5.74, 6) is -1.66. The molecule has 0 heterocycles. The van der Waals surface area contributed by atoms with E-state index in [1.165, 1.54) is 4.31 Å². The van der Waals surface area contributed by atoms with Crippen LogP contribution in [0, 0.1) is 5.82 Å². The highest BCUT2D eigenvalue weighted by Gasteiger charge is 2.24. The Balaban J connectivity index is 3.06. The molecule has 134 valence electrons. The second-order valence-corrected chi connectivity index (χ2v) is 7.02. The third-order valence-electron chi connectivity index (χ3n) is 3.15. The van der Waals surface area contributed by atoms with E-state index in [9.17, 15) is 17.6 Å². The summed E-state index contributed by atoms with van der Waals surface area (Å²) < 4.78 is 40.0. The van der Waals surface area contributed by atoms with E-state index in [2.05, 4.69) is 16.2 Å². The van der Waals surface area contributed by atoms with E-state index in [0.717, 1.165) is 18.2 Å². The molecule has 0 spiro atoms. The Morgan fingerprint density at radius 2 is 1.83 bits per heavy atom. The Bertz CT molecular complexity index is 706. The number of hydrogen-bond donors (Lipinski definition) is 3. The third-order valence-corrected chi connectivity index (χ3v) is 5.44. The molecule has 10 heteroatoms. The van der Waals surface area contributed by atoms with E-state index in [1.807, 2.05) is 6.92 Å². The van der Waals surface area contributed by atoms with Crippen molar-refractivity contribution in [2.45, 2.75) is 25.7 Å². The maximum Gasteiger partial charge on any atom is 0.272 e. The topological polar surface area (TPSA) is 90.5 Å². The van der Waals surface area contributed by atoms with Crippen LogP contribution in [0.3, 0.4) is 0 Å². The number of carbonyl (C=O) groups excluding carboxylic acids is 1.